The van der Waals surface area contributed by atoms with Gasteiger partial charge in [0, 0.05) is 18.5 Å². The molecule has 0 saturated carbocycles. The van der Waals surface area contributed by atoms with Crippen LogP contribution in [0.4, 0.5) is 0 Å². The molecule has 0 unspecified atom stereocenters. The molecule has 2 N–H and O–H groups in total. The fourth-order valence-corrected chi connectivity index (χ4v) is 3.33. The predicted octanol–water partition coefficient (Wildman–Crippen LogP) is 3.38. The van der Waals surface area contributed by atoms with Crippen LogP contribution in [0.25, 0.3) is 21.7 Å². The van der Waals surface area contributed by atoms with E-state index in [4.69, 9.17) is 10.7 Å². The van der Waals surface area contributed by atoms with Gasteiger partial charge in [-0.25, -0.2) is 4.98 Å². The average Bonchev–Trinajstić information content (AvgIpc) is 2.91. The number of imidazole rings is 1. The first-order chi connectivity index (χ1) is 9.10. The van der Waals surface area contributed by atoms with Crippen LogP contribution in [0.2, 0.25) is 0 Å². The molecule has 0 radical (unpaired) electrons. The third kappa shape index (κ3) is 1.97. The van der Waals surface area contributed by atoms with Crippen molar-refractivity contribution in [2.75, 3.05) is 0 Å². The topological polar surface area (TPSA) is 43.8 Å². The second-order valence-electron chi connectivity index (χ2n) is 4.87. The molecular formula is C15H17N3S. The molecular weight excluding hydrogens is 254 g/mol. The molecule has 0 aliphatic carbocycles. The molecule has 3 nitrogen and oxygen atoms in total. The predicted molar refractivity (Wildman–Crippen MR) is 81.4 cm³/mol. The van der Waals surface area contributed by atoms with Crippen molar-refractivity contribution >= 4 is 22.4 Å². The van der Waals surface area contributed by atoms with Crippen molar-refractivity contribution < 1.29 is 0 Å². The van der Waals surface area contributed by atoms with Crippen LogP contribution >= 0.6 is 11.3 Å². The number of fused-ring (bicyclic) bond motifs is 1. The Kier molecular flexibility index (Phi) is 2.92. The Morgan fingerprint density at radius 3 is 2.68 bits per heavy atom. The lowest BCUT2D eigenvalue weighted by Crippen LogP contribution is -1.96. The first-order valence-corrected chi connectivity index (χ1v) is 7.14. The van der Waals surface area contributed by atoms with Gasteiger partial charge < -0.3 is 10.3 Å². The normalized spacial score (nSPS) is 11.4. The average molecular weight is 271 g/mol. The highest BCUT2D eigenvalue weighted by Gasteiger charge is 2.13. The van der Waals surface area contributed by atoms with Gasteiger partial charge in [0.1, 0.15) is 0 Å². The third-order valence-electron chi connectivity index (χ3n) is 3.57. The van der Waals surface area contributed by atoms with Crippen molar-refractivity contribution in [3.05, 3.63) is 40.3 Å². The summed E-state index contributed by atoms with van der Waals surface area (Å²) in [5, 5.41) is 0. The minimum absolute atomic E-state index is 0.563. The highest BCUT2D eigenvalue weighted by atomic mass is 32.1. The Labute approximate surface area is 116 Å². The van der Waals surface area contributed by atoms with Gasteiger partial charge in [-0.3, -0.25) is 0 Å². The van der Waals surface area contributed by atoms with Crippen LogP contribution in [-0.4, -0.2) is 9.55 Å². The van der Waals surface area contributed by atoms with Gasteiger partial charge in [-0.1, -0.05) is 6.07 Å². The highest BCUT2D eigenvalue weighted by Crippen LogP contribution is 2.32. The number of thiophene rings is 1. The zero-order valence-corrected chi connectivity index (χ0v) is 12.2. The maximum absolute atomic E-state index is 5.70. The molecule has 1 aromatic carbocycles. The van der Waals surface area contributed by atoms with Crippen molar-refractivity contribution in [2.24, 2.45) is 12.8 Å². The van der Waals surface area contributed by atoms with E-state index >= 15 is 0 Å². The van der Waals surface area contributed by atoms with Crippen LogP contribution in [0.15, 0.2) is 24.3 Å². The van der Waals surface area contributed by atoms with Gasteiger partial charge in [-0.2, -0.15) is 0 Å². The van der Waals surface area contributed by atoms with Gasteiger partial charge in [-0.05, 0) is 43.2 Å². The van der Waals surface area contributed by atoms with Crippen LogP contribution in [0.5, 0.6) is 0 Å². The number of nitrogens with two attached hydrogens (primary N) is 1. The molecule has 2 aromatic heterocycles. The maximum Gasteiger partial charge on any atom is 0.150 e. The summed E-state index contributed by atoms with van der Waals surface area (Å²) in [5.74, 6) is 1.03. The first-order valence-electron chi connectivity index (χ1n) is 6.33. The number of benzene rings is 1. The lowest BCUT2D eigenvalue weighted by molar-refractivity contribution is 0.960. The molecule has 98 valence electrons. The second kappa shape index (κ2) is 4.47. The van der Waals surface area contributed by atoms with Gasteiger partial charge in [0.15, 0.2) is 5.82 Å². The number of rotatable bonds is 2. The number of hydrogen-bond acceptors (Lipinski definition) is 3. The minimum Gasteiger partial charge on any atom is -0.326 e. The van der Waals surface area contributed by atoms with Gasteiger partial charge in [0.05, 0.1) is 15.9 Å². The number of nitrogens with zero attached hydrogens (tertiary/aromatic N) is 2. The molecule has 0 atom stereocenters. The molecule has 0 bridgehead atoms. The SMILES string of the molecule is Cc1cc(-c2nc3ccc(CN)cc3n2C)sc1C. The first kappa shape index (κ1) is 12.4. The third-order valence-corrected chi connectivity index (χ3v) is 4.72. The maximum atomic E-state index is 5.70. The standard InChI is InChI=1S/C15H17N3S/c1-9-6-14(19-10(9)2)15-17-12-5-4-11(8-16)7-13(12)18(15)3/h4-7H,8,16H2,1-3H3. The van der Waals surface area contributed by atoms with Crippen molar-refractivity contribution in [1.82, 2.24) is 9.55 Å². The highest BCUT2D eigenvalue weighted by molar-refractivity contribution is 7.15. The van der Waals surface area contributed by atoms with E-state index in [2.05, 4.69) is 37.6 Å². The molecule has 4 heteroatoms. The zero-order valence-electron chi connectivity index (χ0n) is 11.4. The summed E-state index contributed by atoms with van der Waals surface area (Å²) in [6.07, 6.45) is 0. The fraction of sp³-hybridized carbons (Fsp3) is 0.267. The van der Waals surface area contributed by atoms with Gasteiger partial charge in [0.25, 0.3) is 0 Å². The summed E-state index contributed by atoms with van der Waals surface area (Å²) in [7, 11) is 2.06. The Hall–Kier alpha value is -1.65. The van der Waals surface area contributed by atoms with E-state index in [1.807, 2.05) is 12.1 Å². The summed E-state index contributed by atoms with van der Waals surface area (Å²) in [6.45, 7) is 4.86. The van der Waals surface area contributed by atoms with E-state index in [-0.39, 0.29) is 0 Å². The molecule has 3 aromatic rings. The zero-order chi connectivity index (χ0) is 13.6. The molecule has 0 fully saturated rings. The van der Waals surface area contributed by atoms with Gasteiger partial charge in [0.2, 0.25) is 0 Å². The molecule has 0 spiro atoms. The van der Waals surface area contributed by atoms with E-state index in [9.17, 15) is 0 Å². The Balaban J connectivity index is 2.22. The summed E-state index contributed by atoms with van der Waals surface area (Å²) in [5.41, 5.74) is 10.3. The molecule has 3 rings (SSSR count). The number of hydrogen-bond donors (Lipinski definition) is 1. The smallest absolute Gasteiger partial charge is 0.150 e. The van der Waals surface area contributed by atoms with Crippen molar-refractivity contribution in [3.8, 4) is 10.7 Å². The lowest BCUT2D eigenvalue weighted by atomic mass is 10.2. The van der Waals surface area contributed by atoms with Gasteiger partial charge >= 0.3 is 0 Å². The van der Waals surface area contributed by atoms with Crippen LogP contribution < -0.4 is 5.73 Å². The van der Waals surface area contributed by atoms with Crippen molar-refractivity contribution in [3.63, 3.8) is 0 Å². The van der Waals surface area contributed by atoms with Crippen molar-refractivity contribution in [2.45, 2.75) is 20.4 Å². The molecule has 0 aliphatic heterocycles. The number of aromatic nitrogens is 2. The molecule has 0 amide bonds. The minimum atomic E-state index is 0.563. The molecule has 2 heterocycles. The lowest BCUT2D eigenvalue weighted by Gasteiger charge is -2.00. The summed E-state index contributed by atoms with van der Waals surface area (Å²) in [6, 6.07) is 8.43. The molecule has 0 aliphatic rings. The van der Waals surface area contributed by atoms with E-state index < -0.39 is 0 Å². The van der Waals surface area contributed by atoms with Crippen LogP contribution in [0.3, 0.4) is 0 Å². The fourth-order valence-electron chi connectivity index (χ4n) is 2.27. The van der Waals surface area contributed by atoms with E-state index in [0.717, 1.165) is 22.4 Å². The van der Waals surface area contributed by atoms with Gasteiger partial charge in [-0.15, -0.1) is 11.3 Å². The number of aryl methyl sites for hydroxylation is 3. The Morgan fingerprint density at radius 2 is 2.05 bits per heavy atom. The van der Waals surface area contributed by atoms with E-state index in [1.165, 1.54) is 15.3 Å². The molecule has 0 saturated heterocycles. The monoisotopic (exact) mass is 271 g/mol. The quantitative estimate of drug-likeness (QED) is 0.776. The molecule has 19 heavy (non-hydrogen) atoms. The second-order valence-corrected chi connectivity index (χ2v) is 6.13. The summed E-state index contributed by atoms with van der Waals surface area (Å²) >= 11 is 1.80. The largest absolute Gasteiger partial charge is 0.326 e. The van der Waals surface area contributed by atoms with Crippen molar-refractivity contribution in [1.29, 1.82) is 0 Å². The van der Waals surface area contributed by atoms with Crippen LogP contribution in [0, 0.1) is 13.8 Å². The summed E-state index contributed by atoms with van der Waals surface area (Å²) < 4.78 is 2.15. The summed E-state index contributed by atoms with van der Waals surface area (Å²) in [4.78, 5) is 7.32. The van der Waals surface area contributed by atoms with E-state index in [0.29, 0.717) is 6.54 Å². The van der Waals surface area contributed by atoms with Crippen LogP contribution in [0.1, 0.15) is 16.0 Å². The Morgan fingerprint density at radius 1 is 1.26 bits per heavy atom. The Bertz CT molecular complexity index is 733. The van der Waals surface area contributed by atoms with E-state index in [1.54, 1.807) is 11.3 Å². The van der Waals surface area contributed by atoms with Crippen LogP contribution in [-0.2, 0) is 13.6 Å².